The van der Waals surface area contributed by atoms with Gasteiger partial charge < -0.3 is 0 Å². The molecule has 0 aliphatic carbocycles. The van der Waals surface area contributed by atoms with Gasteiger partial charge in [0.1, 0.15) is 7.05 Å². The molecule has 0 aliphatic rings. The van der Waals surface area contributed by atoms with E-state index in [0.29, 0.717) is 0 Å². The molecule has 1 nitrogen and oxygen atoms in total. The summed E-state index contributed by atoms with van der Waals surface area (Å²) in [5.41, 5.74) is 0. The fourth-order valence-electron chi connectivity index (χ4n) is 0.408. The van der Waals surface area contributed by atoms with Crippen molar-refractivity contribution in [3.8, 4) is 0 Å². The van der Waals surface area contributed by atoms with E-state index in [1.165, 1.54) is 5.01 Å². The molecule has 9 heteroatoms. The Bertz CT molecular complexity index is 285. The van der Waals surface area contributed by atoms with Crippen molar-refractivity contribution < 1.29 is 29.7 Å². The van der Waals surface area contributed by atoms with E-state index in [2.05, 4.69) is 23.1 Å². The second-order valence-corrected chi connectivity index (χ2v) is 5.51. The average molecular weight is 259 g/mol. The van der Waals surface area contributed by atoms with Gasteiger partial charge in [0, 0.05) is 6.92 Å². The van der Waals surface area contributed by atoms with Crippen LogP contribution in [-0.4, -0.2) is 0 Å². The standard InChI is InChI=1S/C5H8NS.F6P/c1-5-6(2)3-4-7-5;1-7(2,3,4,5)6/h3-4H,1-2H3;/q+1;-1. The predicted octanol–water partition coefficient (Wildman–Crippen LogP) is 4.26. The molecule has 86 valence electrons. The number of hydrogen-bond donors (Lipinski definition) is 0. The monoisotopic (exact) mass is 259 g/mol. The number of aryl methyl sites for hydroxylation is 2. The molecule has 0 aliphatic heterocycles. The molecule has 1 aromatic heterocycles. The summed E-state index contributed by atoms with van der Waals surface area (Å²) in [5.74, 6) is 0. The zero-order chi connectivity index (χ0) is 11.7. The van der Waals surface area contributed by atoms with Crippen LogP contribution in [-0.2, 0) is 7.05 Å². The van der Waals surface area contributed by atoms with Crippen LogP contribution >= 0.6 is 19.1 Å². The summed E-state index contributed by atoms with van der Waals surface area (Å²) >= 11 is 1.77. The minimum absolute atomic E-state index is 1.35. The molecule has 0 fully saturated rings. The molecule has 14 heavy (non-hydrogen) atoms. The van der Waals surface area contributed by atoms with Crippen LogP contribution in [0.1, 0.15) is 5.01 Å². The molecule has 0 atom stereocenters. The van der Waals surface area contributed by atoms with Crippen molar-refractivity contribution in [2.75, 3.05) is 0 Å². The van der Waals surface area contributed by atoms with E-state index in [1.54, 1.807) is 11.3 Å². The van der Waals surface area contributed by atoms with Gasteiger partial charge in [0.2, 0.25) is 5.01 Å². The third-order valence-electron chi connectivity index (χ3n) is 1.02. The molecule has 1 rings (SSSR count). The molecule has 1 aromatic rings. The molecule has 0 aromatic carbocycles. The van der Waals surface area contributed by atoms with Crippen LogP contribution in [0, 0.1) is 6.92 Å². The van der Waals surface area contributed by atoms with E-state index in [4.69, 9.17) is 0 Å². The molecule has 0 bridgehead atoms. The summed E-state index contributed by atoms with van der Waals surface area (Å²) in [4.78, 5) is 0. The molecule has 0 N–H and O–H groups in total. The Labute approximate surface area is 80.2 Å². The quantitative estimate of drug-likeness (QED) is 0.372. The SMILES string of the molecule is Cc1scc[n+]1C.F[P-](F)(F)(F)(F)F. The number of rotatable bonds is 0. The summed E-state index contributed by atoms with van der Waals surface area (Å²) in [6.07, 6.45) is 2.06. The van der Waals surface area contributed by atoms with Gasteiger partial charge >= 0.3 is 33.0 Å². The second-order valence-electron chi connectivity index (χ2n) is 2.49. The number of hydrogen-bond acceptors (Lipinski definition) is 1. The van der Waals surface area contributed by atoms with Crippen LogP contribution in [0.4, 0.5) is 25.2 Å². The van der Waals surface area contributed by atoms with Crippen LogP contribution in [0.25, 0.3) is 0 Å². The van der Waals surface area contributed by atoms with E-state index in [9.17, 15) is 25.2 Å². The number of halogens is 6. The maximum absolute atomic E-state index is 10.7. The number of aromatic nitrogens is 1. The Morgan fingerprint density at radius 3 is 1.57 bits per heavy atom. The van der Waals surface area contributed by atoms with Crippen molar-refractivity contribution in [2.24, 2.45) is 7.05 Å². The van der Waals surface area contributed by atoms with Gasteiger partial charge in [-0.2, -0.15) is 4.57 Å². The first-order chi connectivity index (χ1) is 5.75. The fourth-order valence-corrected chi connectivity index (χ4v) is 1.08. The van der Waals surface area contributed by atoms with Crippen molar-refractivity contribution >= 4 is 19.1 Å². The van der Waals surface area contributed by atoms with E-state index < -0.39 is 7.81 Å². The zero-order valence-corrected chi connectivity index (χ0v) is 8.94. The molecular weight excluding hydrogens is 251 g/mol. The van der Waals surface area contributed by atoms with Crippen molar-refractivity contribution in [3.05, 3.63) is 16.6 Å². The summed E-state index contributed by atoms with van der Waals surface area (Å²) < 4.78 is 61.3. The Hall–Kier alpha value is -0.360. The maximum atomic E-state index is 9.87. The Morgan fingerprint density at radius 1 is 1.14 bits per heavy atom. The molecule has 0 saturated carbocycles. The van der Waals surface area contributed by atoms with Gasteiger partial charge in [0.15, 0.2) is 6.20 Å². The van der Waals surface area contributed by atoms with Gasteiger partial charge in [-0.3, -0.25) is 0 Å². The summed E-state index contributed by atoms with van der Waals surface area (Å²) in [6, 6.07) is 0. The molecule has 0 unspecified atom stereocenters. The Balaban J connectivity index is 0.000000241. The topological polar surface area (TPSA) is 3.88 Å². The molecule has 0 radical (unpaired) electrons. The summed E-state index contributed by atoms with van der Waals surface area (Å²) in [6.45, 7) is 2.10. The Kier molecular flexibility index (Phi) is 2.99. The number of nitrogens with zero attached hydrogens (tertiary/aromatic N) is 1. The van der Waals surface area contributed by atoms with Crippen LogP contribution in [0.5, 0.6) is 0 Å². The van der Waals surface area contributed by atoms with Crippen molar-refractivity contribution in [3.63, 3.8) is 0 Å². The fraction of sp³-hybridized carbons (Fsp3) is 0.400. The molecule has 0 saturated heterocycles. The van der Waals surface area contributed by atoms with Gasteiger partial charge in [-0.1, -0.05) is 11.3 Å². The van der Waals surface area contributed by atoms with Crippen LogP contribution in [0.3, 0.4) is 0 Å². The predicted molar refractivity (Wildman–Crippen MR) is 43.8 cm³/mol. The molecular formula is C5H8F6NPS. The molecule has 0 amide bonds. The van der Waals surface area contributed by atoms with Crippen molar-refractivity contribution in [1.29, 1.82) is 0 Å². The van der Waals surface area contributed by atoms with Gasteiger partial charge in [-0.05, 0) is 0 Å². The third-order valence-corrected chi connectivity index (χ3v) is 1.91. The second kappa shape index (κ2) is 3.06. The molecule has 1 heterocycles. The van der Waals surface area contributed by atoms with Gasteiger partial charge in [-0.15, -0.1) is 0 Å². The van der Waals surface area contributed by atoms with Crippen LogP contribution < -0.4 is 4.57 Å². The van der Waals surface area contributed by atoms with Crippen molar-refractivity contribution in [1.82, 2.24) is 0 Å². The normalized spacial score (nSPS) is 16.3. The van der Waals surface area contributed by atoms with E-state index in [1.807, 2.05) is 7.05 Å². The summed E-state index contributed by atoms with van der Waals surface area (Å²) in [7, 11) is -8.61. The number of thiazole rings is 1. The minimum atomic E-state index is -10.7. The summed E-state index contributed by atoms with van der Waals surface area (Å²) in [5, 5.41) is 3.43. The van der Waals surface area contributed by atoms with Gasteiger partial charge in [-0.25, -0.2) is 0 Å². The first-order valence-corrected chi connectivity index (χ1v) is 6.12. The molecule has 0 spiro atoms. The Morgan fingerprint density at radius 2 is 1.50 bits per heavy atom. The first-order valence-electron chi connectivity index (χ1n) is 3.22. The van der Waals surface area contributed by atoms with Crippen LogP contribution in [0.2, 0.25) is 0 Å². The first kappa shape index (κ1) is 13.6. The van der Waals surface area contributed by atoms with Gasteiger partial charge in [0.25, 0.3) is 0 Å². The van der Waals surface area contributed by atoms with E-state index in [0.717, 1.165) is 0 Å². The van der Waals surface area contributed by atoms with Gasteiger partial charge in [0.05, 0.1) is 5.38 Å². The van der Waals surface area contributed by atoms with Crippen LogP contribution in [0.15, 0.2) is 11.6 Å². The van der Waals surface area contributed by atoms with E-state index in [-0.39, 0.29) is 0 Å². The average Bonchev–Trinajstić information content (AvgIpc) is 2.07. The zero-order valence-electron chi connectivity index (χ0n) is 7.23. The van der Waals surface area contributed by atoms with E-state index >= 15 is 0 Å². The van der Waals surface area contributed by atoms with Crippen molar-refractivity contribution in [2.45, 2.75) is 6.92 Å². The third kappa shape index (κ3) is 14.2.